The molecular weight excluding hydrogens is 164 g/mol. The zero-order valence-corrected chi connectivity index (χ0v) is 4.62. The quantitative estimate of drug-likeness (QED) is 0.233. The van der Waals surface area contributed by atoms with E-state index in [2.05, 4.69) is 0 Å². The van der Waals surface area contributed by atoms with Crippen LogP contribution in [0.2, 0.25) is 0 Å². The third-order valence-electron chi connectivity index (χ3n) is 0. The second-order valence-electron chi connectivity index (χ2n) is 0.516. The van der Waals surface area contributed by atoms with E-state index in [9.17, 15) is 0 Å². The maximum atomic E-state index is 8.82. The topological polar surface area (TPSA) is 126 Å². The summed E-state index contributed by atoms with van der Waals surface area (Å²) in [6.07, 6.45) is 0. The summed E-state index contributed by atoms with van der Waals surface area (Å²) in [6, 6.07) is 0. The fraction of sp³-hybridized carbons (Fsp3) is 0. The summed E-state index contributed by atoms with van der Waals surface area (Å²) in [6.45, 7) is 0. The molecule has 0 aliphatic heterocycles. The standard InChI is InChI=1S/Cr.O3.2H2O.2O/c;1-3-2;;;;/h;;2*1H2;;/q+2;;;;;/p-2. The van der Waals surface area contributed by atoms with Crippen LogP contribution in [-0.2, 0) is 21.2 Å². The monoisotopic (exact) mass is 166 g/mol. The van der Waals surface area contributed by atoms with E-state index in [-0.39, 0.29) is 0 Å². The van der Waals surface area contributed by atoms with Crippen LogP contribution in [0.4, 0.5) is 0 Å². The molecule has 0 heterocycles. The Bertz CT molecular complexity index is 118. The zero-order valence-electron chi connectivity index (χ0n) is 3.34. The number of hydrogen-bond acceptors (Lipinski definition) is 4. The first-order valence-electron chi connectivity index (χ1n) is 1.03. The first kappa shape index (κ1) is 10.4. The summed E-state index contributed by atoms with van der Waals surface area (Å²) in [5.74, 6) is 0. The molecule has 0 saturated heterocycles. The van der Waals surface area contributed by atoms with Crippen molar-refractivity contribution in [3.8, 4) is 0 Å². The molecule has 0 aromatic rings. The van der Waals surface area contributed by atoms with Gasteiger partial charge in [0.05, 0.1) is 0 Å². The summed E-state index contributed by atoms with van der Waals surface area (Å²) >= 11 is -5.25. The summed E-state index contributed by atoms with van der Waals surface area (Å²) in [7, 11) is 0. The predicted molar refractivity (Wildman–Crippen MR) is 12.5 cm³/mol. The van der Waals surface area contributed by atoms with Crippen LogP contribution in [-0.4, -0.2) is 8.32 Å². The van der Waals surface area contributed by atoms with Crippen molar-refractivity contribution in [2.45, 2.75) is 0 Å². The Balaban J connectivity index is 0. The third-order valence-corrected chi connectivity index (χ3v) is 0. The van der Waals surface area contributed by atoms with Crippen molar-refractivity contribution in [1.29, 1.82) is 0 Å². The van der Waals surface area contributed by atoms with Gasteiger partial charge in [0.25, 0.3) is 0 Å². The molecule has 0 aliphatic rings. The molecule has 0 bridgehead atoms. The van der Waals surface area contributed by atoms with Crippen molar-refractivity contribution in [2.24, 2.45) is 0 Å². The van der Waals surface area contributed by atoms with E-state index >= 15 is 0 Å². The number of hydrogen-bond donors (Lipinski definition) is 2. The van der Waals surface area contributed by atoms with Gasteiger partial charge in [-0.15, -0.1) is 0 Å². The Kier molecular flexibility index (Phi) is 6.01. The van der Waals surface area contributed by atoms with Crippen LogP contribution in [0.3, 0.4) is 0 Å². The van der Waals surface area contributed by atoms with Crippen molar-refractivity contribution < 1.29 is 34.8 Å². The molecule has 0 fully saturated rings. The number of rotatable bonds is 0. The molecule has 0 spiro atoms. The molecular formula is H2CrO7. The summed E-state index contributed by atoms with van der Waals surface area (Å²) in [5.41, 5.74) is 0. The Morgan fingerprint density at radius 3 is 1.38 bits per heavy atom. The van der Waals surface area contributed by atoms with Crippen LogP contribution in [0.1, 0.15) is 0 Å². The molecule has 0 unspecified atom stereocenters. The van der Waals surface area contributed by atoms with Crippen molar-refractivity contribution in [1.82, 2.24) is 0 Å². The molecule has 0 aromatic heterocycles. The minimum atomic E-state index is -5.25. The molecule has 0 amide bonds. The summed E-state index contributed by atoms with van der Waals surface area (Å²) in [4.78, 5) is 7.88. The van der Waals surface area contributed by atoms with Gasteiger partial charge >= 0.3 is 29.5 Å². The van der Waals surface area contributed by atoms with E-state index in [0.29, 0.717) is 0 Å². The van der Waals surface area contributed by atoms with Gasteiger partial charge in [-0.05, 0) is 0 Å². The van der Waals surface area contributed by atoms with Gasteiger partial charge in [-0.1, -0.05) is 10.2 Å². The van der Waals surface area contributed by atoms with Crippen LogP contribution in [0.25, 0.3) is 0 Å². The normalized spacial score (nSPS) is 8.75. The predicted octanol–water partition coefficient (Wildman–Crippen LogP) is -2.48. The fourth-order valence-electron chi connectivity index (χ4n) is 0. The molecule has 0 aromatic carbocycles. The van der Waals surface area contributed by atoms with Gasteiger partial charge in [-0.3, -0.25) is 0 Å². The van der Waals surface area contributed by atoms with Gasteiger partial charge in [-0.25, -0.2) is 0 Å². The van der Waals surface area contributed by atoms with E-state index in [0.717, 1.165) is 0 Å². The van der Waals surface area contributed by atoms with Gasteiger partial charge < -0.3 is 0 Å². The average molecular weight is 166 g/mol. The molecule has 2 N–H and O–H groups in total. The van der Waals surface area contributed by atoms with Crippen LogP contribution in [0.15, 0.2) is 0 Å². The van der Waals surface area contributed by atoms with Gasteiger partial charge in [0.2, 0.25) is 0 Å². The van der Waals surface area contributed by atoms with E-state index in [1.807, 2.05) is 0 Å². The summed E-state index contributed by atoms with van der Waals surface area (Å²) < 4.78 is 33.6. The van der Waals surface area contributed by atoms with Gasteiger partial charge in [0.1, 0.15) is 0 Å². The Labute approximate surface area is 45.4 Å². The SMILES string of the molecule is O=[O+][O-].[O]=[Cr](=[O])([OH])[OH]. The van der Waals surface area contributed by atoms with Crippen molar-refractivity contribution in [2.75, 3.05) is 0 Å². The maximum absolute atomic E-state index is 8.82. The molecule has 0 saturated carbocycles. The first-order valence-corrected chi connectivity index (χ1v) is 3.21. The van der Waals surface area contributed by atoms with Crippen LogP contribution < -0.4 is 5.26 Å². The van der Waals surface area contributed by atoms with Crippen molar-refractivity contribution >= 4 is 0 Å². The molecule has 0 radical (unpaired) electrons. The van der Waals surface area contributed by atoms with Gasteiger partial charge in [0, 0.05) is 0 Å². The van der Waals surface area contributed by atoms with Gasteiger partial charge in [-0.2, -0.15) is 0 Å². The molecule has 0 atom stereocenters. The van der Waals surface area contributed by atoms with E-state index < -0.39 is 13.6 Å². The Morgan fingerprint density at radius 2 is 1.38 bits per heavy atom. The molecule has 8 heavy (non-hydrogen) atoms. The van der Waals surface area contributed by atoms with Crippen molar-refractivity contribution in [3.63, 3.8) is 0 Å². The molecule has 50 valence electrons. The molecule has 0 aliphatic carbocycles. The third kappa shape index (κ3) is 361. The Hall–Kier alpha value is -0.548. The fourth-order valence-corrected chi connectivity index (χ4v) is 0. The second kappa shape index (κ2) is 4.61. The van der Waals surface area contributed by atoms with Crippen LogP contribution in [0.5, 0.6) is 0 Å². The molecule has 0 rings (SSSR count). The second-order valence-corrected chi connectivity index (χ2v) is 1.91. The Morgan fingerprint density at radius 1 is 1.38 bits per heavy atom. The average Bonchev–Trinajstić information content (AvgIpc) is 1.27. The van der Waals surface area contributed by atoms with Crippen LogP contribution >= 0.6 is 0 Å². The van der Waals surface area contributed by atoms with Gasteiger partial charge in [0.15, 0.2) is 4.75 Å². The molecule has 8 heteroatoms. The zero-order chi connectivity index (χ0) is 7.21. The summed E-state index contributed by atoms with van der Waals surface area (Å²) in [5, 5.41) is 7.88. The minimum absolute atomic E-state index is 1.75. The first-order chi connectivity index (χ1) is 3.41. The van der Waals surface area contributed by atoms with E-state index in [4.69, 9.17) is 26.1 Å². The van der Waals surface area contributed by atoms with E-state index in [1.54, 1.807) is 4.75 Å². The van der Waals surface area contributed by atoms with E-state index in [1.165, 1.54) is 0 Å². The van der Waals surface area contributed by atoms with Crippen LogP contribution in [0, 0.1) is 9.71 Å². The van der Waals surface area contributed by atoms with Crippen molar-refractivity contribution in [3.05, 3.63) is 9.71 Å². The molecule has 7 nitrogen and oxygen atoms in total.